The zero-order valence-corrected chi connectivity index (χ0v) is 11.2. The highest BCUT2D eigenvalue weighted by Gasteiger charge is 2.32. The van der Waals surface area contributed by atoms with Crippen molar-refractivity contribution in [1.29, 1.82) is 0 Å². The van der Waals surface area contributed by atoms with E-state index in [0.717, 1.165) is 12.1 Å². The van der Waals surface area contributed by atoms with Crippen molar-refractivity contribution in [2.24, 2.45) is 5.92 Å². The average molecular weight is 267 g/mol. The number of aryl methyl sites for hydroxylation is 1. The SMILES string of the molecule is CCc1ccc(NC(=O)[C@@H]2CCS(=O)(=O)C2)cc1. The smallest absolute Gasteiger partial charge is 0.228 e. The van der Waals surface area contributed by atoms with Gasteiger partial charge in [0.05, 0.1) is 17.4 Å². The molecule has 1 atom stereocenters. The minimum Gasteiger partial charge on any atom is -0.326 e. The lowest BCUT2D eigenvalue weighted by Gasteiger charge is -2.09. The number of hydrogen-bond acceptors (Lipinski definition) is 3. The average Bonchev–Trinajstić information content (AvgIpc) is 2.71. The van der Waals surface area contributed by atoms with E-state index in [2.05, 4.69) is 12.2 Å². The molecule has 2 rings (SSSR count). The van der Waals surface area contributed by atoms with Gasteiger partial charge in [-0.05, 0) is 30.5 Å². The molecule has 0 spiro atoms. The number of hydrogen-bond donors (Lipinski definition) is 1. The Morgan fingerprint density at radius 2 is 2.00 bits per heavy atom. The van der Waals surface area contributed by atoms with Crippen LogP contribution in [0.25, 0.3) is 0 Å². The molecule has 1 aliphatic heterocycles. The number of carbonyl (C=O) groups excluding carboxylic acids is 1. The molecule has 1 aliphatic rings. The first-order valence-electron chi connectivity index (χ1n) is 6.10. The Balaban J connectivity index is 1.99. The third-order valence-electron chi connectivity index (χ3n) is 3.23. The van der Waals surface area contributed by atoms with E-state index >= 15 is 0 Å². The molecule has 0 aliphatic carbocycles. The Morgan fingerprint density at radius 3 is 2.50 bits per heavy atom. The summed E-state index contributed by atoms with van der Waals surface area (Å²) in [5.74, 6) is -0.493. The highest BCUT2D eigenvalue weighted by Crippen LogP contribution is 2.20. The van der Waals surface area contributed by atoms with Crippen LogP contribution in [0.2, 0.25) is 0 Å². The molecule has 1 amide bonds. The quantitative estimate of drug-likeness (QED) is 0.905. The zero-order valence-electron chi connectivity index (χ0n) is 10.3. The Kier molecular flexibility index (Phi) is 3.71. The number of sulfone groups is 1. The van der Waals surface area contributed by atoms with Crippen LogP contribution in [-0.4, -0.2) is 25.8 Å². The number of anilines is 1. The molecule has 0 saturated carbocycles. The summed E-state index contributed by atoms with van der Waals surface area (Å²) in [7, 11) is -3.00. The molecule has 0 radical (unpaired) electrons. The van der Waals surface area contributed by atoms with Gasteiger partial charge < -0.3 is 5.32 Å². The van der Waals surface area contributed by atoms with E-state index < -0.39 is 15.8 Å². The summed E-state index contributed by atoms with van der Waals surface area (Å²) in [6, 6.07) is 7.61. The van der Waals surface area contributed by atoms with Crippen molar-refractivity contribution >= 4 is 21.4 Å². The highest BCUT2D eigenvalue weighted by molar-refractivity contribution is 7.91. The molecule has 1 aromatic carbocycles. The van der Waals surface area contributed by atoms with E-state index in [0.29, 0.717) is 6.42 Å². The molecule has 1 saturated heterocycles. The maximum absolute atomic E-state index is 11.9. The summed E-state index contributed by atoms with van der Waals surface area (Å²) in [4.78, 5) is 11.9. The molecule has 0 aromatic heterocycles. The van der Waals surface area contributed by atoms with E-state index in [4.69, 9.17) is 0 Å². The summed E-state index contributed by atoms with van der Waals surface area (Å²) < 4.78 is 22.6. The fourth-order valence-corrected chi connectivity index (χ4v) is 3.81. The van der Waals surface area contributed by atoms with Gasteiger partial charge in [0.2, 0.25) is 5.91 Å². The Labute approximate surface area is 107 Å². The van der Waals surface area contributed by atoms with Crippen LogP contribution < -0.4 is 5.32 Å². The van der Waals surface area contributed by atoms with Crippen LogP contribution in [-0.2, 0) is 21.1 Å². The first kappa shape index (κ1) is 13.1. The zero-order chi connectivity index (χ0) is 13.2. The van der Waals surface area contributed by atoms with Crippen molar-refractivity contribution in [2.75, 3.05) is 16.8 Å². The van der Waals surface area contributed by atoms with Gasteiger partial charge in [0.15, 0.2) is 9.84 Å². The third kappa shape index (κ3) is 3.10. The first-order chi connectivity index (χ1) is 8.50. The van der Waals surface area contributed by atoms with Gasteiger partial charge in [-0.2, -0.15) is 0 Å². The van der Waals surface area contributed by atoms with Crippen molar-refractivity contribution in [3.63, 3.8) is 0 Å². The van der Waals surface area contributed by atoms with E-state index in [1.165, 1.54) is 5.56 Å². The van der Waals surface area contributed by atoms with Crippen LogP contribution in [0.5, 0.6) is 0 Å². The summed E-state index contributed by atoms with van der Waals surface area (Å²) in [6.07, 6.45) is 1.39. The second-order valence-electron chi connectivity index (χ2n) is 4.64. The lowest BCUT2D eigenvalue weighted by molar-refractivity contribution is -0.119. The van der Waals surface area contributed by atoms with Gasteiger partial charge in [-0.1, -0.05) is 19.1 Å². The summed E-state index contributed by atoms with van der Waals surface area (Å²) in [6.45, 7) is 2.07. The highest BCUT2D eigenvalue weighted by atomic mass is 32.2. The van der Waals surface area contributed by atoms with Crippen LogP contribution in [0, 0.1) is 5.92 Å². The van der Waals surface area contributed by atoms with Crippen molar-refractivity contribution in [2.45, 2.75) is 19.8 Å². The van der Waals surface area contributed by atoms with Gasteiger partial charge in [-0.25, -0.2) is 8.42 Å². The van der Waals surface area contributed by atoms with Crippen molar-refractivity contribution in [3.8, 4) is 0 Å². The van der Waals surface area contributed by atoms with Gasteiger partial charge in [0.25, 0.3) is 0 Å². The monoisotopic (exact) mass is 267 g/mol. The number of rotatable bonds is 3. The molecule has 18 heavy (non-hydrogen) atoms. The molecular formula is C13H17NO3S. The fraction of sp³-hybridized carbons (Fsp3) is 0.462. The van der Waals surface area contributed by atoms with Crippen LogP contribution in [0.15, 0.2) is 24.3 Å². The van der Waals surface area contributed by atoms with Gasteiger partial charge in [-0.15, -0.1) is 0 Å². The van der Waals surface area contributed by atoms with Gasteiger partial charge in [0.1, 0.15) is 0 Å². The van der Waals surface area contributed by atoms with E-state index in [1.54, 1.807) is 0 Å². The van der Waals surface area contributed by atoms with E-state index in [-0.39, 0.29) is 17.4 Å². The van der Waals surface area contributed by atoms with Crippen molar-refractivity contribution in [1.82, 2.24) is 0 Å². The van der Waals surface area contributed by atoms with Crippen LogP contribution >= 0.6 is 0 Å². The molecule has 5 heteroatoms. The number of benzene rings is 1. The minimum absolute atomic E-state index is 0.0219. The van der Waals surface area contributed by atoms with E-state index in [1.807, 2.05) is 24.3 Å². The predicted octanol–water partition coefficient (Wildman–Crippen LogP) is 1.62. The topological polar surface area (TPSA) is 63.2 Å². The molecule has 1 heterocycles. The number of carbonyl (C=O) groups is 1. The molecule has 1 aromatic rings. The Morgan fingerprint density at radius 1 is 1.33 bits per heavy atom. The lowest BCUT2D eigenvalue weighted by Crippen LogP contribution is -2.23. The van der Waals surface area contributed by atoms with Gasteiger partial charge >= 0.3 is 0 Å². The van der Waals surface area contributed by atoms with Gasteiger partial charge in [0, 0.05) is 5.69 Å². The predicted molar refractivity (Wildman–Crippen MR) is 71.2 cm³/mol. The van der Waals surface area contributed by atoms with Crippen LogP contribution in [0.3, 0.4) is 0 Å². The molecular weight excluding hydrogens is 250 g/mol. The molecule has 1 fully saturated rings. The maximum atomic E-state index is 11.9. The normalized spacial score (nSPS) is 21.7. The molecule has 98 valence electrons. The number of nitrogens with one attached hydrogen (secondary N) is 1. The van der Waals surface area contributed by atoms with E-state index in [9.17, 15) is 13.2 Å². The first-order valence-corrected chi connectivity index (χ1v) is 7.92. The fourth-order valence-electron chi connectivity index (χ4n) is 2.07. The molecule has 4 nitrogen and oxygen atoms in total. The lowest BCUT2D eigenvalue weighted by atomic mass is 10.1. The van der Waals surface area contributed by atoms with Crippen molar-refractivity contribution in [3.05, 3.63) is 29.8 Å². The van der Waals surface area contributed by atoms with Crippen LogP contribution in [0.4, 0.5) is 5.69 Å². The number of amides is 1. The maximum Gasteiger partial charge on any atom is 0.228 e. The minimum atomic E-state index is -3.00. The second-order valence-corrected chi connectivity index (χ2v) is 6.87. The molecule has 0 unspecified atom stereocenters. The summed E-state index contributed by atoms with van der Waals surface area (Å²) in [5, 5.41) is 2.77. The third-order valence-corrected chi connectivity index (χ3v) is 5.00. The summed E-state index contributed by atoms with van der Waals surface area (Å²) >= 11 is 0. The molecule has 0 bridgehead atoms. The molecule has 1 N–H and O–H groups in total. The van der Waals surface area contributed by atoms with Crippen molar-refractivity contribution < 1.29 is 13.2 Å². The standard InChI is InChI=1S/C13H17NO3S/c1-2-10-3-5-12(6-4-10)14-13(15)11-7-8-18(16,17)9-11/h3-6,11H,2,7-9H2,1H3,(H,14,15)/t11-/m1/s1. The largest absolute Gasteiger partial charge is 0.326 e. The van der Waals surface area contributed by atoms with Gasteiger partial charge in [-0.3, -0.25) is 4.79 Å². The van der Waals surface area contributed by atoms with Crippen LogP contribution in [0.1, 0.15) is 18.9 Å². The summed E-state index contributed by atoms with van der Waals surface area (Å²) in [5.41, 5.74) is 1.93. The Bertz CT molecular complexity index is 534. The second kappa shape index (κ2) is 5.10. The Hall–Kier alpha value is -1.36.